The van der Waals surface area contributed by atoms with Gasteiger partial charge in [-0.3, -0.25) is 4.79 Å². The van der Waals surface area contributed by atoms with Gasteiger partial charge in [0, 0.05) is 12.5 Å². The van der Waals surface area contributed by atoms with Gasteiger partial charge in [-0.2, -0.15) is 0 Å². The molecule has 0 amide bonds. The number of carboxylic acids is 1. The van der Waals surface area contributed by atoms with Crippen molar-refractivity contribution in [2.45, 2.75) is 70.8 Å². The lowest BCUT2D eigenvalue weighted by Crippen LogP contribution is -2.22. The third-order valence-electron chi connectivity index (χ3n) is 2.64. The van der Waals surface area contributed by atoms with Crippen LogP contribution in [0.15, 0.2) is 0 Å². The number of hydrogen-bond acceptors (Lipinski definition) is 2. The molecule has 0 atom stereocenters. The lowest BCUT2D eigenvalue weighted by Gasteiger charge is -2.15. The number of carbonyl (C=O) groups is 1. The highest BCUT2D eigenvalue weighted by molar-refractivity contribution is 5.66. The van der Waals surface area contributed by atoms with E-state index >= 15 is 0 Å². The molecule has 0 radical (unpaired) electrons. The Hall–Kier alpha value is -0.570. The van der Waals surface area contributed by atoms with Gasteiger partial charge in [-0.25, -0.2) is 0 Å². The smallest absolute Gasteiger partial charge is 0.303 e. The van der Waals surface area contributed by atoms with E-state index in [0.717, 1.165) is 19.3 Å². The molecule has 3 N–H and O–H groups in total. The second kappa shape index (κ2) is 9.97. The first-order chi connectivity index (χ1) is 7.16. The van der Waals surface area contributed by atoms with Gasteiger partial charge in [0.05, 0.1) is 0 Å². The summed E-state index contributed by atoms with van der Waals surface area (Å²) in [7, 11) is 0. The Morgan fingerprint density at radius 1 is 1.27 bits per heavy atom. The Morgan fingerprint density at radius 3 is 2.20 bits per heavy atom. The van der Waals surface area contributed by atoms with Crippen LogP contribution in [0.25, 0.3) is 0 Å². The van der Waals surface area contributed by atoms with E-state index in [1.165, 1.54) is 32.1 Å². The number of aliphatic carboxylic acids is 1. The topological polar surface area (TPSA) is 63.3 Å². The monoisotopic (exact) mass is 215 g/mol. The minimum atomic E-state index is -0.682. The standard InChI is InChI=1S/C6H13N.C6H12O2/c7-6-4-2-1-3-5-6;1-2-3-4-5-6(7)8/h6H,1-5,7H2;2-5H2,1H3,(H,7,8). The lowest BCUT2D eigenvalue weighted by atomic mass is 9.97. The minimum Gasteiger partial charge on any atom is -0.481 e. The van der Waals surface area contributed by atoms with Crippen molar-refractivity contribution in [3.8, 4) is 0 Å². The summed E-state index contributed by atoms with van der Waals surface area (Å²) in [6.07, 6.45) is 9.94. The first-order valence-electron chi connectivity index (χ1n) is 6.14. The largest absolute Gasteiger partial charge is 0.481 e. The second-order valence-electron chi connectivity index (χ2n) is 4.25. The van der Waals surface area contributed by atoms with Crippen molar-refractivity contribution in [1.29, 1.82) is 0 Å². The molecular weight excluding hydrogens is 190 g/mol. The predicted molar refractivity (Wildman–Crippen MR) is 62.8 cm³/mol. The van der Waals surface area contributed by atoms with Gasteiger partial charge >= 0.3 is 5.97 Å². The SMILES string of the molecule is CCCCCC(=O)O.NC1CCCCC1. The van der Waals surface area contributed by atoms with Crippen molar-refractivity contribution >= 4 is 5.97 Å². The molecule has 0 aromatic carbocycles. The van der Waals surface area contributed by atoms with Crippen LogP contribution in [0.2, 0.25) is 0 Å². The van der Waals surface area contributed by atoms with Crippen LogP contribution in [0.3, 0.4) is 0 Å². The van der Waals surface area contributed by atoms with Crippen molar-refractivity contribution in [2.24, 2.45) is 5.73 Å². The molecule has 1 rings (SSSR count). The maximum absolute atomic E-state index is 9.87. The highest BCUT2D eigenvalue weighted by atomic mass is 16.4. The van der Waals surface area contributed by atoms with E-state index in [4.69, 9.17) is 10.8 Å². The summed E-state index contributed by atoms with van der Waals surface area (Å²) in [4.78, 5) is 9.87. The minimum absolute atomic E-state index is 0.327. The van der Waals surface area contributed by atoms with Crippen LogP contribution in [0.5, 0.6) is 0 Å². The average Bonchev–Trinajstić information content (AvgIpc) is 2.20. The number of unbranched alkanes of at least 4 members (excludes halogenated alkanes) is 2. The molecule has 15 heavy (non-hydrogen) atoms. The van der Waals surface area contributed by atoms with Crippen LogP contribution in [-0.4, -0.2) is 17.1 Å². The highest BCUT2D eigenvalue weighted by Gasteiger charge is 2.06. The summed E-state index contributed by atoms with van der Waals surface area (Å²) in [6, 6.07) is 0.536. The molecule has 1 saturated carbocycles. The van der Waals surface area contributed by atoms with E-state index < -0.39 is 5.97 Å². The molecule has 0 spiro atoms. The van der Waals surface area contributed by atoms with Crippen molar-refractivity contribution in [2.75, 3.05) is 0 Å². The molecule has 1 fully saturated rings. The van der Waals surface area contributed by atoms with Crippen molar-refractivity contribution < 1.29 is 9.90 Å². The lowest BCUT2D eigenvalue weighted by molar-refractivity contribution is -0.137. The molecule has 0 unspecified atom stereocenters. The molecule has 0 aromatic heterocycles. The van der Waals surface area contributed by atoms with Gasteiger partial charge in [0.25, 0.3) is 0 Å². The van der Waals surface area contributed by atoms with Crippen LogP contribution in [0.1, 0.15) is 64.7 Å². The fraction of sp³-hybridized carbons (Fsp3) is 0.917. The number of rotatable bonds is 4. The number of nitrogens with two attached hydrogens (primary N) is 1. The Bertz CT molecular complexity index is 154. The maximum Gasteiger partial charge on any atom is 0.303 e. The predicted octanol–water partition coefficient (Wildman–Crippen LogP) is 2.93. The van der Waals surface area contributed by atoms with E-state index in [2.05, 4.69) is 6.92 Å². The molecule has 0 bridgehead atoms. The molecular formula is C12H25NO2. The highest BCUT2D eigenvalue weighted by Crippen LogP contribution is 2.14. The number of carboxylic acid groups (broad SMARTS) is 1. The molecule has 3 nitrogen and oxygen atoms in total. The first-order valence-corrected chi connectivity index (χ1v) is 6.14. The van der Waals surface area contributed by atoms with Gasteiger partial charge in [-0.1, -0.05) is 39.0 Å². The Labute approximate surface area is 93.0 Å². The molecule has 0 aliphatic heterocycles. The van der Waals surface area contributed by atoms with Crippen molar-refractivity contribution in [1.82, 2.24) is 0 Å². The molecule has 0 saturated heterocycles. The fourth-order valence-electron chi connectivity index (χ4n) is 1.66. The summed E-state index contributed by atoms with van der Waals surface area (Å²) < 4.78 is 0. The van der Waals surface area contributed by atoms with E-state index in [-0.39, 0.29) is 0 Å². The zero-order valence-electron chi connectivity index (χ0n) is 9.87. The summed E-state index contributed by atoms with van der Waals surface area (Å²) in [5, 5.41) is 8.14. The summed E-state index contributed by atoms with van der Waals surface area (Å²) in [5.74, 6) is -0.682. The normalized spacial score (nSPS) is 16.7. The second-order valence-corrected chi connectivity index (χ2v) is 4.25. The molecule has 0 heterocycles. The van der Waals surface area contributed by atoms with Gasteiger partial charge in [-0.05, 0) is 19.3 Å². The summed E-state index contributed by atoms with van der Waals surface area (Å²) in [6.45, 7) is 2.06. The van der Waals surface area contributed by atoms with E-state index in [9.17, 15) is 4.79 Å². The van der Waals surface area contributed by atoms with Crippen molar-refractivity contribution in [3.63, 3.8) is 0 Å². The maximum atomic E-state index is 9.87. The van der Waals surface area contributed by atoms with Crippen LogP contribution in [-0.2, 0) is 4.79 Å². The van der Waals surface area contributed by atoms with E-state index in [0.29, 0.717) is 12.5 Å². The molecule has 90 valence electrons. The van der Waals surface area contributed by atoms with Crippen LogP contribution < -0.4 is 5.73 Å². The first kappa shape index (κ1) is 14.4. The third-order valence-corrected chi connectivity index (χ3v) is 2.64. The van der Waals surface area contributed by atoms with Crippen LogP contribution in [0, 0.1) is 0 Å². The summed E-state index contributed by atoms with van der Waals surface area (Å²) >= 11 is 0. The Balaban J connectivity index is 0.000000262. The molecule has 1 aliphatic rings. The molecule has 1 aliphatic carbocycles. The third kappa shape index (κ3) is 11.4. The van der Waals surface area contributed by atoms with Gasteiger partial charge in [0.15, 0.2) is 0 Å². The average molecular weight is 215 g/mol. The zero-order valence-corrected chi connectivity index (χ0v) is 9.87. The van der Waals surface area contributed by atoms with E-state index in [1.807, 2.05) is 0 Å². The van der Waals surface area contributed by atoms with Gasteiger partial charge < -0.3 is 10.8 Å². The van der Waals surface area contributed by atoms with Crippen LogP contribution >= 0.6 is 0 Å². The van der Waals surface area contributed by atoms with Crippen LogP contribution in [0.4, 0.5) is 0 Å². The van der Waals surface area contributed by atoms with Gasteiger partial charge in [-0.15, -0.1) is 0 Å². The molecule has 3 heteroatoms. The van der Waals surface area contributed by atoms with Gasteiger partial charge in [0.2, 0.25) is 0 Å². The van der Waals surface area contributed by atoms with Crippen molar-refractivity contribution in [3.05, 3.63) is 0 Å². The quantitative estimate of drug-likeness (QED) is 0.709. The molecule has 0 aromatic rings. The number of hydrogen-bond donors (Lipinski definition) is 2. The Kier molecular flexibility index (Phi) is 9.59. The van der Waals surface area contributed by atoms with E-state index in [1.54, 1.807) is 0 Å². The zero-order chi connectivity index (χ0) is 11.5. The Morgan fingerprint density at radius 2 is 1.87 bits per heavy atom. The summed E-state index contributed by atoms with van der Waals surface area (Å²) in [5.41, 5.74) is 5.63. The van der Waals surface area contributed by atoms with Gasteiger partial charge in [0.1, 0.15) is 0 Å². The fourth-order valence-corrected chi connectivity index (χ4v) is 1.66.